The number of unbranched alkanes of at least 4 members (excludes halogenated alkanes) is 4. The van der Waals surface area contributed by atoms with Crippen LogP contribution in [0.2, 0.25) is 0 Å². The first-order chi connectivity index (χ1) is 11.3. The maximum Gasteiger partial charge on any atom is 0.220 e. The molecule has 1 saturated carbocycles. The van der Waals surface area contributed by atoms with Crippen LogP contribution in [0.5, 0.6) is 0 Å². The molecule has 134 valence electrons. The molecule has 1 amide bonds. The van der Waals surface area contributed by atoms with Gasteiger partial charge in [0.05, 0.1) is 13.2 Å². The number of carbonyl (C=O) groups excluding carboxylic acids is 1. The second kappa shape index (κ2) is 10.3. The molecule has 2 rings (SSSR count). The van der Waals surface area contributed by atoms with Crippen LogP contribution in [0, 0.1) is 0 Å². The van der Waals surface area contributed by atoms with Crippen molar-refractivity contribution in [2.75, 3.05) is 32.8 Å². The number of carbonyl (C=O) groups is 1. The van der Waals surface area contributed by atoms with Crippen LogP contribution in [0.15, 0.2) is 0 Å². The highest BCUT2D eigenvalue weighted by Gasteiger charge is 2.38. The number of rotatable bonds is 9. The molecule has 1 N–H and O–H groups in total. The second-order valence-electron chi connectivity index (χ2n) is 7.33. The number of nitrogens with zero attached hydrogens (tertiary/aromatic N) is 1. The predicted octanol–water partition coefficient (Wildman–Crippen LogP) is 3.50. The molecule has 2 aliphatic rings. The Labute approximate surface area is 142 Å². The zero-order valence-electron chi connectivity index (χ0n) is 15.1. The lowest BCUT2D eigenvalue weighted by Crippen LogP contribution is -2.59. The van der Waals surface area contributed by atoms with Crippen LogP contribution in [0.25, 0.3) is 0 Å². The Morgan fingerprint density at radius 2 is 1.74 bits per heavy atom. The summed E-state index contributed by atoms with van der Waals surface area (Å²) in [6.45, 7) is 6.78. The van der Waals surface area contributed by atoms with Gasteiger partial charge in [-0.15, -0.1) is 0 Å². The summed E-state index contributed by atoms with van der Waals surface area (Å²) in [5.41, 5.74) is 0.194. The van der Waals surface area contributed by atoms with Crippen LogP contribution < -0.4 is 5.32 Å². The van der Waals surface area contributed by atoms with Crippen molar-refractivity contribution in [3.8, 4) is 0 Å². The molecular weight excluding hydrogens is 288 g/mol. The predicted molar refractivity (Wildman–Crippen MR) is 94.6 cm³/mol. The molecule has 0 atom stereocenters. The molecule has 0 aromatic heterocycles. The number of nitrogens with one attached hydrogen (secondary N) is 1. The Kier molecular flexibility index (Phi) is 8.38. The molecule has 23 heavy (non-hydrogen) atoms. The summed E-state index contributed by atoms with van der Waals surface area (Å²) in [6.07, 6.45) is 13.1. The van der Waals surface area contributed by atoms with Gasteiger partial charge in [-0.1, -0.05) is 51.9 Å². The van der Waals surface area contributed by atoms with Gasteiger partial charge in [-0.2, -0.15) is 0 Å². The van der Waals surface area contributed by atoms with Crippen molar-refractivity contribution in [2.45, 2.75) is 83.1 Å². The van der Waals surface area contributed by atoms with Crippen LogP contribution in [0.3, 0.4) is 0 Å². The summed E-state index contributed by atoms with van der Waals surface area (Å²) in [4.78, 5) is 14.8. The van der Waals surface area contributed by atoms with E-state index in [1.54, 1.807) is 0 Å². The van der Waals surface area contributed by atoms with E-state index in [0.29, 0.717) is 6.42 Å². The SMILES string of the molecule is CCCCCCCC(=O)NCC1(N2CCOCC2)CCCCC1. The molecule has 4 heteroatoms. The first-order valence-electron chi connectivity index (χ1n) is 9.86. The third-order valence-corrected chi connectivity index (χ3v) is 5.59. The maximum atomic E-state index is 12.2. The van der Waals surface area contributed by atoms with Gasteiger partial charge in [-0.3, -0.25) is 9.69 Å². The monoisotopic (exact) mass is 324 g/mol. The van der Waals surface area contributed by atoms with E-state index < -0.39 is 0 Å². The molecule has 1 saturated heterocycles. The van der Waals surface area contributed by atoms with Crippen LogP contribution in [0.1, 0.15) is 77.6 Å². The topological polar surface area (TPSA) is 41.6 Å². The highest BCUT2D eigenvalue weighted by molar-refractivity contribution is 5.75. The first kappa shape index (κ1) is 18.7. The van der Waals surface area contributed by atoms with Gasteiger partial charge < -0.3 is 10.1 Å². The van der Waals surface area contributed by atoms with Gasteiger partial charge in [-0.05, 0) is 19.3 Å². The minimum atomic E-state index is 0.194. The lowest BCUT2D eigenvalue weighted by molar-refractivity contribution is -0.122. The van der Waals surface area contributed by atoms with Crippen LogP contribution in [-0.4, -0.2) is 49.2 Å². The van der Waals surface area contributed by atoms with Gasteiger partial charge in [0.15, 0.2) is 0 Å². The third-order valence-electron chi connectivity index (χ3n) is 5.59. The lowest BCUT2D eigenvalue weighted by Gasteiger charge is -2.48. The number of hydrogen-bond acceptors (Lipinski definition) is 3. The quantitative estimate of drug-likeness (QED) is 0.660. The molecule has 0 aromatic rings. The maximum absolute atomic E-state index is 12.2. The van der Waals surface area contributed by atoms with E-state index >= 15 is 0 Å². The average Bonchev–Trinajstić information content (AvgIpc) is 2.61. The highest BCUT2D eigenvalue weighted by Crippen LogP contribution is 2.33. The van der Waals surface area contributed by atoms with Crippen molar-refractivity contribution >= 4 is 5.91 Å². The molecule has 0 spiro atoms. The minimum Gasteiger partial charge on any atom is -0.379 e. The van der Waals surface area contributed by atoms with E-state index in [-0.39, 0.29) is 11.4 Å². The molecular formula is C19H36N2O2. The summed E-state index contributed by atoms with van der Waals surface area (Å²) >= 11 is 0. The molecule has 0 unspecified atom stereocenters. The highest BCUT2D eigenvalue weighted by atomic mass is 16.5. The van der Waals surface area contributed by atoms with E-state index in [2.05, 4.69) is 17.1 Å². The Balaban J connectivity index is 1.75. The van der Waals surface area contributed by atoms with Crippen molar-refractivity contribution in [1.29, 1.82) is 0 Å². The van der Waals surface area contributed by atoms with Crippen molar-refractivity contribution in [3.63, 3.8) is 0 Å². The summed E-state index contributed by atoms with van der Waals surface area (Å²) in [6, 6.07) is 0. The molecule has 0 bridgehead atoms. The summed E-state index contributed by atoms with van der Waals surface area (Å²) in [7, 11) is 0. The van der Waals surface area contributed by atoms with E-state index in [0.717, 1.165) is 39.3 Å². The van der Waals surface area contributed by atoms with Crippen molar-refractivity contribution in [3.05, 3.63) is 0 Å². The van der Waals surface area contributed by atoms with Crippen molar-refractivity contribution in [2.24, 2.45) is 0 Å². The Morgan fingerprint density at radius 3 is 2.43 bits per heavy atom. The fourth-order valence-electron chi connectivity index (χ4n) is 4.09. The molecule has 0 aromatic carbocycles. The van der Waals surface area contributed by atoms with Gasteiger partial charge >= 0.3 is 0 Å². The molecule has 1 aliphatic heterocycles. The van der Waals surface area contributed by atoms with Gasteiger partial charge in [0.2, 0.25) is 5.91 Å². The lowest BCUT2D eigenvalue weighted by atomic mass is 9.79. The fourth-order valence-corrected chi connectivity index (χ4v) is 4.09. The van der Waals surface area contributed by atoms with Crippen LogP contribution in [0.4, 0.5) is 0 Å². The standard InChI is InChI=1S/C19H36N2O2/c1-2-3-4-5-7-10-18(22)20-17-19(11-8-6-9-12-19)21-13-15-23-16-14-21/h2-17H2,1H3,(H,20,22). The van der Waals surface area contributed by atoms with E-state index in [1.807, 2.05) is 0 Å². The van der Waals surface area contributed by atoms with Crippen LogP contribution >= 0.6 is 0 Å². The number of hydrogen-bond donors (Lipinski definition) is 1. The fraction of sp³-hybridized carbons (Fsp3) is 0.947. The normalized spacial score (nSPS) is 22.0. The molecule has 1 heterocycles. The van der Waals surface area contributed by atoms with E-state index in [9.17, 15) is 4.79 Å². The second-order valence-corrected chi connectivity index (χ2v) is 7.33. The van der Waals surface area contributed by atoms with Crippen molar-refractivity contribution < 1.29 is 9.53 Å². The largest absolute Gasteiger partial charge is 0.379 e. The Morgan fingerprint density at radius 1 is 1.04 bits per heavy atom. The molecule has 0 radical (unpaired) electrons. The summed E-state index contributed by atoms with van der Waals surface area (Å²) in [5, 5.41) is 3.26. The Hall–Kier alpha value is -0.610. The van der Waals surface area contributed by atoms with Gasteiger partial charge in [0.25, 0.3) is 0 Å². The minimum absolute atomic E-state index is 0.194. The number of morpholine rings is 1. The van der Waals surface area contributed by atoms with Gasteiger partial charge in [0.1, 0.15) is 0 Å². The van der Waals surface area contributed by atoms with Crippen molar-refractivity contribution in [1.82, 2.24) is 10.2 Å². The summed E-state index contributed by atoms with van der Waals surface area (Å²) in [5.74, 6) is 0.250. The van der Waals surface area contributed by atoms with E-state index in [4.69, 9.17) is 4.74 Å². The zero-order valence-corrected chi connectivity index (χ0v) is 15.1. The molecule has 4 nitrogen and oxygen atoms in total. The van der Waals surface area contributed by atoms with Gasteiger partial charge in [0, 0.05) is 31.6 Å². The molecule has 2 fully saturated rings. The smallest absolute Gasteiger partial charge is 0.220 e. The summed E-state index contributed by atoms with van der Waals surface area (Å²) < 4.78 is 5.52. The average molecular weight is 325 g/mol. The van der Waals surface area contributed by atoms with Crippen LogP contribution in [-0.2, 0) is 9.53 Å². The zero-order chi connectivity index (χ0) is 16.4. The Bertz CT molecular complexity index is 334. The first-order valence-corrected chi connectivity index (χ1v) is 9.86. The van der Waals surface area contributed by atoms with Gasteiger partial charge in [-0.25, -0.2) is 0 Å². The third kappa shape index (κ3) is 6.07. The number of ether oxygens (including phenoxy) is 1. The van der Waals surface area contributed by atoms with E-state index in [1.165, 1.54) is 57.8 Å². The number of amides is 1. The molecule has 1 aliphatic carbocycles.